The predicted molar refractivity (Wildman–Crippen MR) is 94.9 cm³/mol. The summed E-state index contributed by atoms with van der Waals surface area (Å²) in [6.45, 7) is 6.00. The van der Waals surface area contributed by atoms with Gasteiger partial charge >= 0.3 is 0 Å². The molecular weight excluding hydrogens is 304 g/mol. The van der Waals surface area contributed by atoms with Crippen LogP contribution in [0.5, 0.6) is 0 Å². The van der Waals surface area contributed by atoms with E-state index in [0.717, 1.165) is 70.7 Å². The van der Waals surface area contributed by atoms with Crippen molar-refractivity contribution in [3.8, 4) is 0 Å². The highest BCUT2D eigenvalue weighted by Crippen LogP contribution is 2.36. The quantitative estimate of drug-likeness (QED) is 0.535. The maximum atomic E-state index is 11.7. The molecule has 2 heterocycles. The molecule has 1 atom stereocenters. The molecule has 1 amide bonds. The minimum absolute atomic E-state index is 0.0628. The number of likely N-dealkylation sites (tertiary alicyclic amines) is 1. The Labute approximate surface area is 145 Å². The van der Waals surface area contributed by atoms with Crippen molar-refractivity contribution in [3.05, 3.63) is 0 Å². The first-order chi connectivity index (χ1) is 11.5. The van der Waals surface area contributed by atoms with E-state index in [0.29, 0.717) is 13.0 Å². The van der Waals surface area contributed by atoms with Gasteiger partial charge in [-0.25, -0.2) is 0 Å². The summed E-state index contributed by atoms with van der Waals surface area (Å²) in [5.41, 5.74) is -0.565. The van der Waals surface area contributed by atoms with Gasteiger partial charge in [-0.3, -0.25) is 9.79 Å². The van der Waals surface area contributed by atoms with Crippen molar-refractivity contribution < 1.29 is 9.90 Å². The van der Waals surface area contributed by atoms with Crippen LogP contribution in [-0.2, 0) is 4.79 Å². The average molecular weight is 336 g/mol. The zero-order valence-corrected chi connectivity index (χ0v) is 14.9. The van der Waals surface area contributed by atoms with E-state index in [1.807, 2.05) is 0 Å². The van der Waals surface area contributed by atoms with Crippen LogP contribution in [-0.4, -0.2) is 60.2 Å². The third-order valence-electron chi connectivity index (χ3n) is 5.80. The van der Waals surface area contributed by atoms with Gasteiger partial charge in [-0.05, 0) is 32.6 Å². The molecule has 3 fully saturated rings. The Bertz CT molecular complexity index is 487. The molecule has 6 heteroatoms. The normalized spacial score (nSPS) is 30.5. The van der Waals surface area contributed by atoms with E-state index in [9.17, 15) is 9.90 Å². The number of hydrogen-bond donors (Lipinski definition) is 3. The first-order valence-electron chi connectivity index (χ1n) is 9.57. The van der Waals surface area contributed by atoms with E-state index in [1.165, 1.54) is 6.42 Å². The fourth-order valence-electron chi connectivity index (χ4n) is 4.44. The molecule has 1 spiro atoms. The van der Waals surface area contributed by atoms with Gasteiger partial charge in [0.15, 0.2) is 5.96 Å². The lowest BCUT2D eigenvalue weighted by molar-refractivity contribution is -0.119. The number of guanidine groups is 1. The zero-order chi connectivity index (χ0) is 17.0. The van der Waals surface area contributed by atoms with Crippen LogP contribution < -0.4 is 10.6 Å². The van der Waals surface area contributed by atoms with E-state index < -0.39 is 5.60 Å². The summed E-state index contributed by atoms with van der Waals surface area (Å²) < 4.78 is 0. The van der Waals surface area contributed by atoms with Gasteiger partial charge in [-0.2, -0.15) is 0 Å². The highest BCUT2D eigenvalue weighted by molar-refractivity contribution is 5.81. The van der Waals surface area contributed by atoms with Crippen molar-refractivity contribution in [2.75, 3.05) is 32.7 Å². The molecule has 0 bridgehead atoms. The van der Waals surface area contributed by atoms with Crippen LogP contribution in [0.15, 0.2) is 4.99 Å². The van der Waals surface area contributed by atoms with E-state index in [2.05, 4.69) is 22.5 Å². The second-order valence-corrected chi connectivity index (χ2v) is 7.93. The average Bonchev–Trinajstić information content (AvgIpc) is 2.92. The number of nitrogens with zero attached hydrogens (tertiary/aromatic N) is 2. The first kappa shape index (κ1) is 17.5. The number of carbonyl (C=O) groups excluding carboxylic acids is 1. The van der Waals surface area contributed by atoms with E-state index in [-0.39, 0.29) is 11.3 Å². The summed E-state index contributed by atoms with van der Waals surface area (Å²) in [4.78, 5) is 18.8. The number of hydrogen-bond acceptors (Lipinski definition) is 3. The maximum Gasteiger partial charge on any atom is 0.220 e. The zero-order valence-electron chi connectivity index (χ0n) is 14.9. The van der Waals surface area contributed by atoms with Crippen molar-refractivity contribution in [3.63, 3.8) is 0 Å². The second-order valence-electron chi connectivity index (χ2n) is 7.93. The molecule has 136 valence electrons. The molecule has 0 radical (unpaired) electrons. The van der Waals surface area contributed by atoms with Crippen molar-refractivity contribution >= 4 is 11.9 Å². The van der Waals surface area contributed by atoms with E-state index in [1.54, 1.807) is 0 Å². The molecule has 3 N–H and O–H groups in total. The van der Waals surface area contributed by atoms with Gasteiger partial charge in [0.1, 0.15) is 0 Å². The van der Waals surface area contributed by atoms with E-state index in [4.69, 9.17) is 4.99 Å². The minimum Gasteiger partial charge on any atom is -0.388 e. The van der Waals surface area contributed by atoms with Crippen molar-refractivity contribution in [2.24, 2.45) is 10.4 Å². The standard InChI is InChI=1S/C18H32N4O2/c1-2-19-16(21-13-18(24)8-4-3-5-9-18)22-10-6-7-17(14-22)11-15(23)20-12-17/h24H,2-14H2,1H3,(H,19,21)(H,20,23). The third kappa shape index (κ3) is 4.02. The summed E-state index contributed by atoms with van der Waals surface area (Å²) in [7, 11) is 0. The molecule has 0 aromatic heterocycles. The van der Waals surface area contributed by atoms with Gasteiger partial charge in [0.25, 0.3) is 0 Å². The monoisotopic (exact) mass is 336 g/mol. The molecule has 2 saturated heterocycles. The Morgan fingerprint density at radius 2 is 2.08 bits per heavy atom. The number of aliphatic hydroxyl groups is 1. The lowest BCUT2D eigenvalue weighted by atomic mass is 9.79. The smallest absolute Gasteiger partial charge is 0.220 e. The van der Waals surface area contributed by atoms with Crippen LogP contribution in [0.2, 0.25) is 0 Å². The number of nitrogens with one attached hydrogen (secondary N) is 2. The Balaban J connectivity index is 1.67. The van der Waals surface area contributed by atoms with Gasteiger partial charge in [-0.1, -0.05) is 19.3 Å². The highest BCUT2D eigenvalue weighted by atomic mass is 16.3. The fourth-order valence-corrected chi connectivity index (χ4v) is 4.44. The van der Waals surface area contributed by atoms with Crippen LogP contribution in [0.4, 0.5) is 0 Å². The molecule has 3 rings (SSSR count). The first-order valence-corrected chi connectivity index (χ1v) is 9.57. The Morgan fingerprint density at radius 1 is 1.29 bits per heavy atom. The highest BCUT2D eigenvalue weighted by Gasteiger charge is 2.42. The molecule has 1 saturated carbocycles. The molecule has 0 aromatic rings. The Kier molecular flexibility index (Phi) is 5.33. The largest absolute Gasteiger partial charge is 0.388 e. The van der Waals surface area contributed by atoms with Crippen LogP contribution in [0.1, 0.15) is 58.3 Å². The summed E-state index contributed by atoms with van der Waals surface area (Å²) in [6.07, 6.45) is 7.96. The third-order valence-corrected chi connectivity index (χ3v) is 5.80. The molecule has 3 aliphatic rings. The Hall–Kier alpha value is -1.30. The minimum atomic E-state index is -0.628. The fraction of sp³-hybridized carbons (Fsp3) is 0.889. The molecule has 2 aliphatic heterocycles. The molecule has 24 heavy (non-hydrogen) atoms. The van der Waals surface area contributed by atoms with Crippen LogP contribution >= 0.6 is 0 Å². The van der Waals surface area contributed by atoms with Crippen molar-refractivity contribution in [1.29, 1.82) is 0 Å². The SMILES string of the molecule is CCNC(=NCC1(O)CCCCC1)N1CCCC2(CNC(=O)C2)C1. The van der Waals surface area contributed by atoms with Gasteiger partial charge in [-0.15, -0.1) is 0 Å². The molecule has 0 aromatic carbocycles. The van der Waals surface area contributed by atoms with Gasteiger partial charge in [0, 0.05) is 38.0 Å². The predicted octanol–water partition coefficient (Wildman–Crippen LogP) is 1.25. The number of carbonyl (C=O) groups is 1. The summed E-state index contributed by atoms with van der Waals surface area (Å²) in [5, 5.41) is 17.1. The number of aliphatic imine (C=N–C) groups is 1. The number of piperidine rings is 1. The van der Waals surface area contributed by atoms with E-state index >= 15 is 0 Å². The number of rotatable bonds is 3. The summed E-state index contributed by atoms with van der Waals surface area (Å²) in [6, 6.07) is 0. The molecular formula is C18H32N4O2. The van der Waals surface area contributed by atoms with Gasteiger partial charge in [0.2, 0.25) is 5.91 Å². The second kappa shape index (κ2) is 7.30. The van der Waals surface area contributed by atoms with Crippen molar-refractivity contribution in [1.82, 2.24) is 15.5 Å². The van der Waals surface area contributed by atoms with Crippen LogP contribution in [0.25, 0.3) is 0 Å². The topological polar surface area (TPSA) is 77.0 Å². The lowest BCUT2D eigenvalue weighted by Gasteiger charge is -2.41. The molecule has 1 unspecified atom stereocenters. The number of amides is 1. The van der Waals surface area contributed by atoms with Gasteiger partial charge in [0.05, 0.1) is 12.1 Å². The van der Waals surface area contributed by atoms with Crippen LogP contribution in [0.3, 0.4) is 0 Å². The summed E-state index contributed by atoms with van der Waals surface area (Å²) in [5.74, 6) is 1.07. The lowest BCUT2D eigenvalue weighted by Crippen LogP contribution is -2.51. The maximum absolute atomic E-state index is 11.7. The van der Waals surface area contributed by atoms with Crippen molar-refractivity contribution in [2.45, 2.75) is 63.9 Å². The molecule has 6 nitrogen and oxygen atoms in total. The van der Waals surface area contributed by atoms with Gasteiger partial charge < -0.3 is 20.6 Å². The Morgan fingerprint density at radius 3 is 2.75 bits per heavy atom. The molecule has 1 aliphatic carbocycles. The van der Waals surface area contributed by atoms with Crippen LogP contribution in [0, 0.1) is 5.41 Å². The summed E-state index contributed by atoms with van der Waals surface area (Å²) >= 11 is 0.